The van der Waals surface area contributed by atoms with Gasteiger partial charge in [0.15, 0.2) is 0 Å². The highest BCUT2D eigenvalue weighted by Gasteiger charge is 2.23. The van der Waals surface area contributed by atoms with Crippen molar-refractivity contribution in [3.63, 3.8) is 0 Å². The van der Waals surface area contributed by atoms with E-state index in [0.717, 1.165) is 36.3 Å². The highest BCUT2D eigenvalue weighted by Crippen LogP contribution is 2.29. The van der Waals surface area contributed by atoms with Crippen LogP contribution in [0.4, 0.5) is 0 Å². The van der Waals surface area contributed by atoms with Crippen LogP contribution in [0.25, 0.3) is 5.65 Å². The van der Waals surface area contributed by atoms with Gasteiger partial charge in [0.2, 0.25) is 0 Å². The standard InChI is InChI=1S/C19H20N4O/c1-12-10-13(2)23-9-7-16(18(23)21-12)19(24)22-17-5-3-4-14-11-20-8-6-15(14)17/h6-11,17H,3-5H2,1-2H3,(H,22,24). The summed E-state index contributed by atoms with van der Waals surface area (Å²) in [6.45, 7) is 3.97. The minimum absolute atomic E-state index is 0.0464. The average molecular weight is 320 g/mol. The summed E-state index contributed by atoms with van der Waals surface area (Å²) in [5.74, 6) is -0.0651. The molecule has 0 radical (unpaired) electrons. The van der Waals surface area contributed by atoms with Crippen LogP contribution in [0.1, 0.15) is 51.8 Å². The number of pyridine rings is 1. The molecule has 1 unspecified atom stereocenters. The molecule has 0 aromatic carbocycles. The molecule has 0 bridgehead atoms. The summed E-state index contributed by atoms with van der Waals surface area (Å²) in [6, 6.07) is 5.92. The van der Waals surface area contributed by atoms with E-state index >= 15 is 0 Å². The van der Waals surface area contributed by atoms with Gasteiger partial charge in [0.05, 0.1) is 11.6 Å². The van der Waals surface area contributed by atoms with Crippen molar-refractivity contribution >= 4 is 11.6 Å². The highest BCUT2D eigenvalue weighted by molar-refractivity contribution is 6.00. The van der Waals surface area contributed by atoms with Crippen molar-refractivity contribution in [3.8, 4) is 0 Å². The lowest BCUT2D eigenvalue weighted by Gasteiger charge is -2.25. The van der Waals surface area contributed by atoms with Gasteiger partial charge >= 0.3 is 0 Å². The summed E-state index contributed by atoms with van der Waals surface area (Å²) >= 11 is 0. The fourth-order valence-corrected chi connectivity index (χ4v) is 3.60. The highest BCUT2D eigenvalue weighted by atomic mass is 16.1. The minimum Gasteiger partial charge on any atom is -0.345 e. The Morgan fingerprint density at radius 3 is 3.08 bits per heavy atom. The van der Waals surface area contributed by atoms with E-state index in [9.17, 15) is 4.79 Å². The smallest absolute Gasteiger partial charge is 0.255 e. The Hall–Kier alpha value is -2.69. The first-order valence-electron chi connectivity index (χ1n) is 8.32. The summed E-state index contributed by atoms with van der Waals surface area (Å²) in [7, 11) is 0. The summed E-state index contributed by atoms with van der Waals surface area (Å²) in [5.41, 5.74) is 5.76. The molecule has 5 heteroatoms. The number of nitrogens with one attached hydrogen (secondary N) is 1. The third-order valence-corrected chi connectivity index (χ3v) is 4.74. The molecule has 1 aliphatic rings. The van der Waals surface area contributed by atoms with Gasteiger partial charge in [0.1, 0.15) is 5.65 Å². The van der Waals surface area contributed by atoms with Gasteiger partial charge in [0.25, 0.3) is 5.91 Å². The third-order valence-electron chi connectivity index (χ3n) is 4.74. The van der Waals surface area contributed by atoms with Crippen molar-refractivity contribution < 1.29 is 4.79 Å². The number of fused-ring (bicyclic) bond motifs is 2. The molecule has 3 aromatic rings. The van der Waals surface area contributed by atoms with E-state index < -0.39 is 0 Å². The fraction of sp³-hybridized carbons (Fsp3) is 0.316. The zero-order valence-corrected chi connectivity index (χ0v) is 13.9. The van der Waals surface area contributed by atoms with Crippen LogP contribution in [-0.2, 0) is 6.42 Å². The summed E-state index contributed by atoms with van der Waals surface area (Å²) in [4.78, 5) is 21.6. The van der Waals surface area contributed by atoms with Gasteiger partial charge in [0, 0.05) is 30.0 Å². The van der Waals surface area contributed by atoms with Crippen LogP contribution in [0.5, 0.6) is 0 Å². The molecule has 1 atom stereocenters. The van der Waals surface area contributed by atoms with Gasteiger partial charge in [-0.15, -0.1) is 0 Å². The van der Waals surface area contributed by atoms with Crippen LogP contribution < -0.4 is 5.32 Å². The quantitative estimate of drug-likeness (QED) is 0.789. The van der Waals surface area contributed by atoms with Gasteiger partial charge in [-0.05, 0) is 62.4 Å². The maximum absolute atomic E-state index is 12.8. The fourth-order valence-electron chi connectivity index (χ4n) is 3.60. The molecule has 0 aliphatic heterocycles. The van der Waals surface area contributed by atoms with E-state index in [4.69, 9.17) is 0 Å². The monoisotopic (exact) mass is 320 g/mol. The molecule has 1 N–H and O–H groups in total. The molecule has 1 aliphatic carbocycles. The first-order valence-corrected chi connectivity index (χ1v) is 8.32. The van der Waals surface area contributed by atoms with E-state index in [-0.39, 0.29) is 11.9 Å². The lowest BCUT2D eigenvalue weighted by atomic mass is 9.89. The lowest BCUT2D eigenvalue weighted by molar-refractivity contribution is 0.0934. The molecule has 0 spiro atoms. The molecule has 3 aromatic heterocycles. The molecular formula is C19H20N4O. The average Bonchev–Trinajstić information content (AvgIpc) is 2.99. The molecular weight excluding hydrogens is 300 g/mol. The molecule has 122 valence electrons. The summed E-state index contributed by atoms with van der Waals surface area (Å²) < 4.78 is 1.96. The van der Waals surface area contributed by atoms with Gasteiger partial charge in [-0.2, -0.15) is 0 Å². The van der Waals surface area contributed by atoms with Crippen molar-refractivity contribution in [2.24, 2.45) is 0 Å². The number of nitrogens with zero attached hydrogens (tertiary/aromatic N) is 3. The molecule has 1 amide bonds. The van der Waals surface area contributed by atoms with E-state index in [1.54, 1.807) is 6.20 Å². The Morgan fingerprint density at radius 1 is 1.33 bits per heavy atom. The van der Waals surface area contributed by atoms with Crippen LogP contribution in [0.3, 0.4) is 0 Å². The van der Waals surface area contributed by atoms with Crippen molar-refractivity contribution in [3.05, 3.63) is 64.9 Å². The molecule has 24 heavy (non-hydrogen) atoms. The molecule has 0 saturated heterocycles. The molecule has 5 nitrogen and oxygen atoms in total. The Kier molecular flexibility index (Phi) is 3.56. The summed E-state index contributed by atoms with van der Waals surface area (Å²) in [5, 5.41) is 3.19. The zero-order chi connectivity index (χ0) is 16.7. The Bertz CT molecular complexity index is 928. The van der Waals surface area contributed by atoms with E-state index in [1.807, 2.05) is 48.8 Å². The van der Waals surface area contributed by atoms with Gasteiger partial charge < -0.3 is 9.72 Å². The predicted octanol–water partition coefficient (Wildman–Crippen LogP) is 3.15. The van der Waals surface area contributed by atoms with Crippen molar-refractivity contribution in [1.82, 2.24) is 19.7 Å². The topological polar surface area (TPSA) is 59.3 Å². The molecule has 4 rings (SSSR count). The zero-order valence-electron chi connectivity index (χ0n) is 13.9. The number of carbonyl (C=O) groups excluding carboxylic acids is 1. The minimum atomic E-state index is -0.0651. The second-order valence-corrected chi connectivity index (χ2v) is 6.45. The van der Waals surface area contributed by atoms with Gasteiger partial charge in [-0.1, -0.05) is 0 Å². The Morgan fingerprint density at radius 2 is 2.21 bits per heavy atom. The number of aryl methyl sites for hydroxylation is 3. The predicted molar refractivity (Wildman–Crippen MR) is 92.0 cm³/mol. The number of aromatic nitrogens is 3. The first kappa shape index (κ1) is 14.9. The lowest BCUT2D eigenvalue weighted by Crippen LogP contribution is -2.31. The van der Waals surface area contributed by atoms with Crippen molar-refractivity contribution in [2.75, 3.05) is 0 Å². The van der Waals surface area contributed by atoms with E-state index in [0.29, 0.717) is 5.56 Å². The maximum atomic E-state index is 12.8. The van der Waals surface area contributed by atoms with Crippen LogP contribution >= 0.6 is 0 Å². The van der Waals surface area contributed by atoms with Gasteiger partial charge in [-0.25, -0.2) is 4.98 Å². The molecule has 0 saturated carbocycles. The Labute approximate surface area is 140 Å². The summed E-state index contributed by atoms with van der Waals surface area (Å²) in [6.07, 6.45) is 8.67. The second kappa shape index (κ2) is 5.74. The first-order chi connectivity index (χ1) is 11.6. The third kappa shape index (κ3) is 2.46. The SMILES string of the molecule is Cc1cc(C)n2ccc(C(=O)NC3CCCc4cnccc43)c2n1. The van der Waals surface area contributed by atoms with Crippen molar-refractivity contribution in [2.45, 2.75) is 39.2 Å². The Balaban J connectivity index is 1.66. The number of carbonyl (C=O) groups is 1. The van der Waals surface area contributed by atoms with Crippen LogP contribution in [0.2, 0.25) is 0 Å². The number of rotatable bonds is 2. The van der Waals surface area contributed by atoms with Crippen LogP contribution in [0.15, 0.2) is 36.8 Å². The van der Waals surface area contributed by atoms with Crippen LogP contribution in [0, 0.1) is 13.8 Å². The number of amides is 1. The van der Waals surface area contributed by atoms with Gasteiger partial charge in [-0.3, -0.25) is 9.78 Å². The number of hydrogen-bond acceptors (Lipinski definition) is 3. The largest absolute Gasteiger partial charge is 0.345 e. The number of hydrogen-bond donors (Lipinski definition) is 1. The second-order valence-electron chi connectivity index (χ2n) is 6.45. The van der Waals surface area contributed by atoms with E-state index in [1.165, 1.54) is 11.1 Å². The molecule has 0 fully saturated rings. The van der Waals surface area contributed by atoms with E-state index in [2.05, 4.69) is 15.3 Å². The van der Waals surface area contributed by atoms with Crippen LogP contribution in [-0.4, -0.2) is 20.3 Å². The molecule has 3 heterocycles. The van der Waals surface area contributed by atoms with Crippen molar-refractivity contribution in [1.29, 1.82) is 0 Å². The normalized spacial score (nSPS) is 16.8. The maximum Gasteiger partial charge on any atom is 0.255 e.